The van der Waals surface area contributed by atoms with Gasteiger partial charge in [-0.1, -0.05) is 53.8 Å². The van der Waals surface area contributed by atoms with Crippen LogP contribution in [0.4, 0.5) is 0 Å². The fourth-order valence-corrected chi connectivity index (χ4v) is 4.74. The summed E-state index contributed by atoms with van der Waals surface area (Å²) in [6, 6.07) is 13.7. The highest BCUT2D eigenvalue weighted by Crippen LogP contribution is 2.31. The number of thiazole rings is 1. The average molecular weight is 451 g/mol. The minimum atomic E-state index is -0.660. The number of fused-ring (bicyclic) bond motifs is 1. The summed E-state index contributed by atoms with van der Waals surface area (Å²) in [5, 5.41) is 10.4. The molecule has 1 aliphatic rings. The monoisotopic (exact) mass is 450 g/mol. The molecule has 0 aliphatic carbocycles. The topological polar surface area (TPSA) is 90.1 Å². The lowest BCUT2D eigenvalue weighted by Crippen LogP contribution is -2.39. The largest absolute Gasteiger partial charge is 0.504 e. The summed E-state index contributed by atoms with van der Waals surface area (Å²) < 4.78 is 12.3. The maximum Gasteiger partial charge on any atom is 0.338 e. The van der Waals surface area contributed by atoms with Crippen LogP contribution >= 0.6 is 11.3 Å². The van der Waals surface area contributed by atoms with Gasteiger partial charge in [-0.05, 0) is 31.6 Å². The zero-order valence-electron chi connectivity index (χ0n) is 17.9. The predicted octanol–water partition coefficient (Wildman–Crippen LogP) is 2.51. The van der Waals surface area contributed by atoms with E-state index in [9.17, 15) is 14.7 Å². The second-order valence-electron chi connectivity index (χ2n) is 7.11. The number of ether oxygens (including phenoxy) is 2. The van der Waals surface area contributed by atoms with E-state index >= 15 is 0 Å². The van der Waals surface area contributed by atoms with Crippen molar-refractivity contribution < 1.29 is 19.4 Å². The second kappa shape index (κ2) is 8.84. The van der Waals surface area contributed by atoms with Gasteiger partial charge in [0.2, 0.25) is 0 Å². The van der Waals surface area contributed by atoms with Crippen LogP contribution in [0.3, 0.4) is 0 Å². The summed E-state index contributed by atoms with van der Waals surface area (Å²) in [5.41, 5.74) is 1.77. The zero-order valence-corrected chi connectivity index (χ0v) is 18.7. The molecule has 2 heterocycles. The first kappa shape index (κ1) is 21.6. The van der Waals surface area contributed by atoms with Crippen LogP contribution in [0.25, 0.3) is 6.08 Å². The molecule has 32 heavy (non-hydrogen) atoms. The van der Waals surface area contributed by atoms with E-state index in [0.29, 0.717) is 31.9 Å². The van der Waals surface area contributed by atoms with Crippen LogP contribution in [-0.2, 0) is 9.53 Å². The normalized spacial score (nSPS) is 15.8. The molecule has 0 fully saturated rings. The number of phenolic OH excluding ortho intramolecular Hbond substituents is 1. The van der Waals surface area contributed by atoms with E-state index in [1.807, 2.05) is 30.3 Å². The lowest BCUT2D eigenvalue weighted by Gasteiger charge is -2.24. The number of nitrogens with zero attached hydrogens (tertiary/aromatic N) is 2. The maximum atomic E-state index is 13.5. The predicted molar refractivity (Wildman–Crippen MR) is 121 cm³/mol. The van der Waals surface area contributed by atoms with E-state index in [1.165, 1.54) is 23.0 Å². The van der Waals surface area contributed by atoms with Crippen LogP contribution in [0.2, 0.25) is 0 Å². The molecule has 0 amide bonds. The number of allylic oxidation sites excluding steroid dienone is 1. The molecule has 8 heteroatoms. The first-order valence-corrected chi connectivity index (χ1v) is 10.9. The average Bonchev–Trinajstić information content (AvgIpc) is 3.09. The standard InChI is InChI=1S/C24H22N2O5S/c1-4-31-23(29)19-14(2)25-24-26(20(19)15-9-6-5-7-10-15)22(28)18(32-24)13-16-11-8-12-17(30-3)21(16)27/h5-13,20,27H,4H2,1-3H3/t20-/m1/s1. The Morgan fingerprint density at radius 1 is 1.22 bits per heavy atom. The summed E-state index contributed by atoms with van der Waals surface area (Å²) in [6.07, 6.45) is 1.60. The first-order chi connectivity index (χ1) is 15.5. The molecular formula is C24H22N2O5S. The van der Waals surface area contributed by atoms with Crippen molar-refractivity contribution >= 4 is 23.4 Å². The molecule has 1 N–H and O–H groups in total. The zero-order chi connectivity index (χ0) is 22.8. The number of methoxy groups -OCH3 is 1. The molecule has 0 spiro atoms. The fourth-order valence-electron chi connectivity index (χ4n) is 3.70. The van der Waals surface area contributed by atoms with Crippen LogP contribution in [0.15, 0.2) is 69.6 Å². The van der Waals surface area contributed by atoms with E-state index in [0.717, 1.165) is 5.56 Å². The molecule has 1 aromatic heterocycles. The molecule has 3 aromatic rings. The molecule has 2 aromatic carbocycles. The summed E-state index contributed by atoms with van der Waals surface area (Å²) in [7, 11) is 1.46. The molecular weight excluding hydrogens is 428 g/mol. The van der Waals surface area contributed by atoms with Gasteiger partial charge in [-0.2, -0.15) is 0 Å². The van der Waals surface area contributed by atoms with Gasteiger partial charge < -0.3 is 14.6 Å². The lowest BCUT2D eigenvalue weighted by molar-refractivity contribution is -0.139. The van der Waals surface area contributed by atoms with Gasteiger partial charge in [-0.15, -0.1) is 0 Å². The highest BCUT2D eigenvalue weighted by Gasteiger charge is 2.33. The van der Waals surface area contributed by atoms with E-state index in [2.05, 4.69) is 4.99 Å². The van der Waals surface area contributed by atoms with Gasteiger partial charge in [0.15, 0.2) is 16.3 Å². The maximum absolute atomic E-state index is 13.5. The molecule has 1 aliphatic heterocycles. The highest BCUT2D eigenvalue weighted by molar-refractivity contribution is 7.07. The molecule has 0 saturated carbocycles. The summed E-state index contributed by atoms with van der Waals surface area (Å²) in [4.78, 5) is 31.3. The number of aromatic hydroxyl groups is 1. The van der Waals surface area contributed by atoms with Crippen molar-refractivity contribution in [3.63, 3.8) is 0 Å². The van der Waals surface area contributed by atoms with Gasteiger partial charge in [0.25, 0.3) is 5.56 Å². The number of esters is 1. The van der Waals surface area contributed by atoms with Crippen molar-refractivity contribution in [2.24, 2.45) is 4.99 Å². The minimum absolute atomic E-state index is 0.0520. The Labute approximate surface area is 188 Å². The van der Waals surface area contributed by atoms with E-state index in [4.69, 9.17) is 9.47 Å². The molecule has 0 saturated heterocycles. The first-order valence-electron chi connectivity index (χ1n) is 10.1. The van der Waals surface area contributed by atoms with Gasteiger partial charge in [0.05, 0.1) is 35.6 Å². The molecule has 0 radical (unpaired) electrons. The Kier molecular flexibility index (Phi) is 5.96. The van der Waals surface area contributed by atoms with Crippen molar-refractivity contribution in [1.29, 1.82) is 0 Å². The smallest absolute Gasteiger partial charge is 0.338 e. The fraction of sp³-hybridized carbons (Fsp3) is 0.208. The van der Waals surface area contributed by atoms with Gasteiger partial charge >= 0.3 is 5.97 Å². The number of aromatic nitrogens is 1. The van der Waals surface area contributed by atoms with E-state index in [1.54, 1.807) is 38.1 Å². The van der Waals surface area contributed by atoms with Crippen molar-refractivity contribution in [3.8, 4) is 11.5 Å². The van der Waals surface area contributed by atoms with Crippen LogP contribution in [0.5, 0.6) is 11.5 Å². The van der Waals surface area contributed by atoms with Gasteiger partial charge in [0.1, 0.15) is 0 Å². The third-order valence-electron chi connectivity index (χ3n) is 5.17. The quantitative estimate of drug-likeness (QED) is 0.604. The second-order valence-corrected chi connectivity index (χ2v) is 8.12. The number of carbonyl (C=O) groups excluding carboxylic acids is 1. The number of carbonyl (C=O) groups is 1. The number of benzene rings is 2. The molecule has 1 atom stereocenters. The Hall–Kier alpha value is -3.65. The van der Waals surface area contributed by atoms with Crippen LogP contribution < -0.4 is 19.6 Å². The van der Waals surface area contributed by atoms with Crippen molar-refractivity contribution in [3.05, 3.63) is 90.6 Å². The number of hydrogen-bond acceptors (Lipinski definition) is 7. The van der Waals surface area contributed by atoms with Crippen molar-refractivity contribution in [2.45, 2.75) is 19.9 Å². The third-order valence-corrected chi connectivity index (χ3v) is 6.15. The lowest BCUT2D eigenvalue weighted by atomic mass is 9.96. The summed E-state index contributed by atoms with van der Waals surface area (Å²) >= 11 is 1.20. The molecule has 164 valence electrons. The Morgan fingerprint density at radius 2 is 1.97 bits per heavy atom. The Morgan fingerprint density at radius 3 is 2.66 bits per heavy atom. The highest BCUT2D eigenvalue weighted by atomic mass is 32.1. The van der Waals surface area contributed by atoms with E-state index in [-0.39, 0.29) is 17.9 Å². The number of rotatable bonds is 5. The molecule has 7 nitrogen and oxygen atoms in total. The Bertz CT molecular complexity index is 1390. The summed E-state index contributed by atoms with van der Waals surface area (Å²) in [6.45, 7) is 3.70. The van der Waals surface area contributed by atoms with Crippen molar-refractivity contribution in [1.82, 2.24) is 4.57 Å². The Balaban J connectivity index is 1.96. The van der Waals surface area contributed by atoms with Gasteiger partial charge in [0, 0.05) is 5.56 Å². The van der Waals surface area contributed by atoms with E-state index < -0.39 is 12.0 Å². The molecule has 0 unspecified atom stereocenters. The number of phenols is 1. The molecule has 4 rings (SSSR count). The van der Waals surface area contributed by atoms with Gasteiger partial charge in [-0.25, -0.2) is 9.79 Å². The van der Waals surface area contributed by atoms with Crippen LogP contribution in [0.1, 0.15) is 31.0 Å². The number of hydrogen-bond donors (Lipinski definition) is 1. The van der Waals surface area contributed by atoms with Crippen LogP contribution in [-0.4, -0.2) is 29.4 Å². The number of para-hydroxylation sites is 1. The SMILES string of the molecule is CCOC(=O)C1=C(C)N=c2sc(=Cc3cccc(OC)c3O)c(=O)n2[C@@H]1c1ccccc1. The minimum Gasteiger partial charge on any atom is -0.504 e. The van der Waals surface area contributed by atoms with Gasteiger partial charge in [-0.3, -0.25) is 9.36 Å². The van der Waals surface area contributed by atoms with Crippen LogP contribution in [0, 0.1) is 0 Å². The molecule has 0 bridgehead atoms. The summed E-state index contributed by atoms with van der Waals surface area (Å²) in [5.74, 6) is -0.236. The third kappa shape index (κ3) is 3.73. The van der Waals surface area contributed by atoms with Crippen molar-refractivity contribution in [2.75, 3.05) is 13.7 Å².